The van der Waals surface area contributed by atoms with Crippen LogP contribution in [0.3, 0.4) is 0 Å². The van der Waals surface area contributed by atoms with Crippen LogP contribution in [0.2, 0.25) is 0 Å². The monoisotopic (exact) mass is 332 g/mol. The number of hydrogen-bond donors (Lipinski definition) is 0. The summed E-state index contributed by atoms with van der Waals surface area (Å²) < 4.78 is 51.7. The van der Waals surface area contributed by atoms with Crippen LogP contribution in [-0.2, 0) is 6.42 Å². The summed E-state index contributed by atoms with van der Waals surface area (Å²) >= 11 is 3.32. The van der Waals surface area contributed by atoms with Crippen molar-refractivity contribution >= 4 is 15.9 Å². The minimum Gasteiger partial charge on any atom is -0.204 e. The van der Waals surface area contributed by atoms with Gasteiger partial charge in [0.05, 0.1) is 0 Å². The van der Waals surface area contributed by atoms with Gasteiger partial charge in [0.15, 0.2) is 23.3 Å². The number of alkyl halides is 1. The zero-order valence-electron chi connectivity index (χ0n) is 9.64. The molecule has 0 spiro atoms. The maximum absolute atomic E-state index is 13.1. The maximum Gasteiger partial charge on any atom is 0.159 e. The van der Waals surface area contributed by atoms with Gasteiger partial charge in [0.25, 0.3) is 0 Å². The Balaban J connectivity index is 2.17. The van der Waals surface area contributed by atoms with Gasteiger partial charge in [-0.1, -0.05) is 28.1 Å². The second kappa shape index (κ2) is 5.74. The molecule has 0 aliphatic carbocycles. The van der Waals surface area contributed by atoms with Crippen molar-refractivity contribution in [2.24, 2.45) is 0 Å². The summed E-state index contributed by atoms with van der Waals surface area (Å²) in [5.74, 6) is -3.70. The molecule has 19 heavy (non-hydrogen) atoms. The number of hydrogen-bond acceptors (Lipinski definition) is 0. The molecule has 0 heterocycles. The van der Waals surface area contributed by atoms with Gasteiger partial charge in [-0.25, -0.2) is 17.6 Å². The molecule has 0 fully saturated rings. The van der Waals surface area contributed by atoms with Crippen molar-refractivity contribution in [3.63, 3.8) is 0 Å². The lowest BCUT2D eigenvalue weighted by Gasteiger charge is -2.11. The lowest BCUT2D eigenvalue weighted by molar-refractivity contribution is 0.505. The van der Waals surface area contributed by atoms with E-state index in [0.717, 1.165) is 24.3 Å². The first kappa shape index (κ1) is 14.1. The molecule has 0 saturated carbocycles. The summed E-state index contributed by atoms with van der Waals surface area (Å²) in [4.78, 5) is -0.313. The van der Waals surface area contributed by atoms with Crippen LogP contribution in [0, 0.1) is 23.3 Å². The second-order valence-electron chi connectivity index (χ2n) is 4.09. The van der Waals surface area contributed by atoms with Crippen LogP contribution in [0.15, 0.2) is 36.4 Å². The van der Waals surface area contributed by atoms with Gasteiger partial charge in [0.1, 0.15) is 0 Å². The van der Waals surface area contributed by atoms with E-state index in [2.05, 4.69) is 15.9 Å². The first-order chi connectivity index (χ1) is 8.97. The van der Waals surface area contributed by atoms with E-state index >= 15 is 0 Å². The Morgan fingerprint density at radius 3 is 1.95 bits per heavy atom. The van der Waals surface area contributed by atoms with Crippen LogP contribution < -0.4 is 0 Å². The highest BCUT2D eigenvalue weighted by atomic mass is 79.9. The molecule has 100 valence electrons. The number of benzene rings is 2. The zero-order valence-corrected chi connectivity index (χ0v) is 11.2. The fourth-order valence-corrected chi connectivity index (χ4v) is 2.36. The highest BCUT2D eigenvalue weighted by Crippen LogP contribution is 2.28. The predicted octanol–water partition coefficient (Wildman–Crippen LogP) is 4.92. The van der Waals surface area contributed by atoms with E-state index in [0.29, 0.717) is 17.5 Å². The Hall–Kier alpha value is -1.36. The fourth-order valence-electron chi connectivity index (χ4n) is 1.70. The van der Waals surface area contributed by atoms with Gasteiger partial charge < -0.3 is 0 Å². The first-order valence-corrected chi connectivity index (χ1v) is 6.42. The van der Waals surface area contributed by atoms with Gasteiger partial charge in [-0.05, 0) is 41.8 Å². The first-order valence-electron chi connectivity index (χ1n) is 5.50. The largest absolute Gasteiger partial charge is 0.204 e. The van der Waals surface area contributed by atoms with E-state index in [1.807, 2.05) is 0 Å². The predicted molar refractivity (Wildman–Crippen MR) is 68.1 cm³/mol. The van der Waals surface area contributed by atoms with Crippen LogP contribution in [0.4, 0.5) is 17.6 Å². The van der Waals surface area contributed by atoms with E-state index in [9.17, 15) is 17.6 Å². The minimum absolute atomic E-state index is 0.313. The molecule has 0 saturated heterocycles. The molecule has 1 unspecified atom stereocenters. The van der Waals surface area contributed by atoms with E-state index in [1.54, 1.807) is 0 Å². The number of rotatable bonds is 3. The van der Waals surface area contributed by atoms with Crippen LogP contribution in [-0.4, -0.2) is 0 Å². The third-order valence-corrected chi connectivity index (χ3v) is 3.56. The molecule has 2 aromatic carbocycles. The molecule has 0 aromatic heterocycles. The lowest BCUT2D eigenvalue weighted by atomic mass is 10.0. The third kappa shape index (κ3) is 3.35. The Labute approximate surface area is 116 Å². The van der Waals surface area contributed by atoms with Crippen LogP contribution >= 0.6 is 15.9 Å². The highest BCUT2D eigenvalue weighted by molar-refractivity contribution is 9.09. The molecule has 1 atom stereocenters. The lowest BCUT2D eigenvalue weighted by Crippen LogP contribution is -1.98. The molecule has 0 aliphatic rings. The average molecular weight is 333 g/mol. The molecule has 0 nitrogen and oxygen atoms in total. The molecule has 0 amide bonds. The Kier molecular flexibility index (Phi) is 4.24. The fraction of sp³-hybridized carbons (Fsp3) is 0.143. The average Bonchev–Trinajstić information content (AvgIpc) is 2.37. The standard InChI is InChI=1S/C14H9BrF4/c15-10(9-2-4-12(17)14(19)7-9)5-8-1-3-11(16)13(18)6-8/h1-4,6-7,10H,5H2. The second-order valence-corrected chi connectivity index (χ2v) is 5.20. The SMILES string of the molecule is Fc1ccc(CC(Br)c2ccc(F)c(F)c2)cc1F. The third-order valence-electron chi connectivity index (χ3n) is 2.70. The summed E-state index contributed by atoms with van der Waals surface area (Å²) in [5.41, 5.74) is 1.09. The highest BCUT2D eigenvalue weighted by Gasteiger charge is 2.12. The van der Waals surface area contributed by atoms with Gasteiger partial charge in [-0.3, -0.25) is 0 Å². The van der Waals surface area contributed by atoms with Crippen molar-refractivity contribution < 1.29 is 17.6 Å². The van der Waals surface area contributed by atoms with Gasteiger partial charge in [0.2, 0.25) is 0 Å². The smallest absolute Gasteiger partial charge is 0.159 e. The molecular weight excluding hydrogens is 324 g/mol. The Morgan fingerprint density at radius 2 is 1.37 bits per heavy atom. The molecular formula is C14H9BrF4. The summed E-state index contributed by atoms with van der Waals surface area (Å²) in [6.45, 7) is 0. The van der Waals surface area contributed by atoms with E-state index in [1.165, 1.54) is 12.1 Å². The summed E-state index contributed by atoms with van der Waals surface area (Å²) in [5, 5.41) is 0. The van der Waals surface area contributed by atoms with Crippen molar-refractivity contribution in [1.82, 2.24) is 0 Å². The number of halogens is 5. The van der Waals surface area contributed by atoms with Gasteiger partial charge in [-0.2, -0.15) is 0 Å². The van der Waals surface area contributed by atoms with Crippen molar-refractivity contribution in [3.05, 3.63) is 70.8 Å². The summed E-state index contributed by atoms with van der Waals surface area (Å²) in [6, 6.07) is 7.13. The molecule has 0 aliphatic heterocycles. The van der Waals surface area contributed by atoms with Crippen molar-refractivity contribution in [2.75, 3.05) is 0 Å². The summed E-state index contributed by atoms with van der Waals surface area (Å²) in [6.07, 6.45) is 0.336. The van der Waals surface area contributed by atoms with Crippen molar-refractivity contribution in [2.45, 2.75) is 11.2 Å². The minimum atomic E-state index is -0.938. The van der Waals surface area contributed by atoms with Crippen molar-refractivity contribution in [3.8, 4) is 0 Å². The Morgan fingerprint density at radius 1 is 0.789 bits per heavy atom. The quantitative estimate of drug-likeness (QED) is 0.552. The molecule has 2 rings (SSSR count). The van der Waals surface area contributed by atoms with Gasteiger partial charge in [-0.15, -0.1) is 0 Å². The van der Waals surface area contributed by atoms with Crippen LogP contribution in [0.1, 0.15) is 16.0 Å². The molecule has 0 bridgehead atoms. The van der Waals surface area contributed by atoms with E-state index in [-0.39, 0.29) is 4.83 Å². The Bertz CT molecular complexity index is 598. The summed E-state index contributed by atoms with van der Waals surface area (Å²) in [7, 11) is 0. The van der Waals surface area contributed by atoms with E-state index < -0.39 is 23.3 Å². The van der Waals surface area contributed by atoms with Crippen molar-refractivity contribution in [1.29, 1.82) is 0 Å². The molecule has 2 aromatic rings. The van der Waals surface area contributed by atoms with E-state index in [4.69, 9.17) is 0 Å². The topological polar surface area (TPSA) is 0 Å². The zero-order chi connectivity index (χ0) is 14.0. The van der Waals surface area contributed by atoms with Crippen LogP contribution in [0.25, 0.3) is 0 Å². The van der Waals surface area contributed by atoms with Crippen LogP contribution in [0.5, 0.6) is 0 Å². The molecule has 0 radical (unpaired) electrons. The normalized spacial score (nSPS) is 12.5. The maximum atomic E-state index is 13.1. The molecule has 0 N–H and O–H groups in total. The van der Waals surface area contributed by atoms with Gasteiger partial charge >= 0.3 is 0 Å². The molecule has 5 heteroatoms. The van der Waals surface area contributed by atoms with Gasteiger partial charge in [0, 0.05) is 4.83 Å².